The minimum absolute atomic E-state index is 0.133. The number of methoxy groups -OCH3 is 1. The molecule has 3 aromatic rings. The number of amides is 1. The summed E-state index contributed by atoms with van der Waals surface area (Å²) in [5, 5.41) is 5.96. The molecule has 0 unspecified atom stereocenters. The largest absolute Gasteiger partial charge is 0.497 e. The maximum absolute atomic E-state index is 12.5. The van der Waals surface area contributed by atoms with E-state index in [9.17, 15) is 13.2 Å². The molecule has 0 aliphatic rings. The van der Waals surface area contributed by atoms with Crippen LogP contribution in [0.15, 0.2) is 88.8 Å². The van der Waals surface area contributed by atoms with Gasteiger partial charge in [0.2, 0.25) is 5.96 Å². The van der Waals surface area contributed by atoms with Gasteiger partial charge in [0.05, 0.1) is 12.0 Å². The molecule has 1 amide bonds. The summed E-state index contributed by atoms with van der Waals surface area (Å²) in [5.41, 5.74) is 1.52. The van der Waals surface area contributed by atoms with Gasteiger partial charge in [-0.1, -0.05) is 18.2 Å². The lowest BCUT2D eigenvalue weighted by molar-refractivity contribution is 0.100. The molecular formula is C21H19N3O5S. The van der Waals surface area contributed by atoms with Crippen LogP contribution in [0.2, 0.25) is 0 Å². The van der Waals surface area contributed by atoms with Crippen molar-refractivity contribution in [2.75, 3.05) is 17.7 Å². The molecule has 0 bridgehead atoms. The van der Waals surface area contributed by atoms with Crippen LogP contribution in [-0.2, 0) is 10.1 Å². The molecule has 0 saturated heterocycles. The first-order valence-electron chi connectivity index (χ1n) is 8.79. The summed E-state index contributed by atoms with van der Waals surface area (Å²) in [6, 6.07) is 20.9. The zero-order valence-electron chi connectivity index (χ0n) is 15.9. The van der Waals surface area contributed by atoms with Gasteiger partial charge in [0.1, 0.15) is 5.75 Å². The molecule has 0 heterocycles. The lowest BCUT2D eigenvalue weighted by atomic mass is 10.2. The quantitative estimate of drug-likeness (QED) is 0.324. The Bertz CT molecular complexity index is 1140. The van der Waals surface area contributed by atoms with Crippen molar-refractivity contribution in [2.24, 2.45) is 4.99 Å². The summed E-state index contributed by atoms with van der Waals surface area (Å²) in [6.07, 6.45) is 0. The predicted molar refractivity (Wildman–Crippen MR) is 115 cm³/mol. The first-order chi connectivity index (χ1) is 14.3. The van der Waals surface area contributed by atoms with Crippen LogP contribution in [-0.4, -0.2) is 31.9 Å². The lowest BCUT2D eigenvalue weighted by Crippen LogP contribution is -2.23. The number of hydrogen-bond acceptors (Lipinski definition) is 4. The van der Waals surface area contributed by atoms with Gasteiger partial charge >= 0.3 is 0 Å². The molecule has 8 nitrogen and oxygen atoms in total. The Kier molecular flexibility index (Phi) is 6.45. The molecule has 154 valence electrons. The van der Waals surface area contributed by atoms with E-state index in [1.165, 1.54) is 24.3 Å². The summed E-state index contributed by atoms with van der Waals surface area (Å²) in [7, 11) is -2.74. The number of hydrogen-bond donors (Lipinski definition) is 3. The monoisotopic (exact) mass is 425 g/mol. The molecule has 0 saturated carbocycles. The summed E-state index contributed by atoms with van der Waals surface area (Å²) in [6.45, 7) is 0. The molecule has 0 radical (unpaired) electrons. The summed E-state index contributed by atoms with van der Waals surface area (Å²) >= 11 is 0. The summed E-state index contributed by atoms with van der Waals surface area (Å²) in [5.74, 6) is 0.343. The number of anilines is 2. The van der Waals surface area contributed by atoms with Gasteiger partial charge in [-0.2, -0.15) is 13.4 Å². The maximum Gasteiger partial charge on any atom is 0.294 e. The van der Waals surface area contributed by atoms with Crippen molar-refractivity contribution >= 4 is 33.4 Å². The highest BCUT2D eigenvalue weighted by atomic mass is 32.2. The maximum atomic E-state index is 12.5. The van der Waals surface area contributed by atoms with Crippen molar-refractivity contribution in [1.29, 1.82) is 0 Å². The first kappa shape index (κ1) is 21.0. The van der Waals surface area contributed by atoms with Crippen LogP contribution >= 0.6 is 0 Å². The van der Waals surface area contributed by atoms with E-state index in [4.69, 9.17) is 9.29 Å². The highest BCUT2D eigenvalue weighted by Crippen LogP contribution is 2.17. The average Bonchev–Trinajstić information content (AvgIpc) is 2.74. The number of guanidine groups is 1. The van der Waals surface area contributed by atoms with Crippen molar-refractivity contribution < 1.29 is 22.5 Å². The Morgan fingerprint density at radius 2 is 1.40 bits per heavy atom. The molecule has 3 rings (SSSR count). The lowest BCUT2D eigenvalue weighted by Gasteiger charge is -2.13. The van der Waals surface area contributed by atoms with Crippen LogP contribution in [0.25, 0.3) is 0 Å². The SMILES string of the molecule is COc1ccc(N/C(=N\C(=O)c2ccccc2)Nc2ccc(S(=O)(=O)O)cc2)cc1. The van der Waals surface area contributed by atoms with Crippen molar-refractivity contribution in [3.63, 3.8) is 0 Å². The van der Waals surface area contributed by atoms with Crippen molar-refractivity contribution in [3.05, 3.63) is 84.4 Å². The molecule has 0 atom stereocenters. The van der Waals surface area contributed by atoms with Crippen LogP contribution in [0, 0.1) is 0 Å². The second-order valence-corrected chi connectivity index (χ2v) is 7.53. The Morgan fingerprint density at radius 3 is 1.90 bits per heavy atom. The van der Waals surface area contributed by atoms with Gasteiger partial charge in [-0.05, 0) is 60.7 Å². The zero-order valence-corrected chi connectivity index (χ0v) is 16.8. The highest BCUT2D eigenvalue weighted by molar-refractivity contribution is 7.85. The molecule has 9 heteroatoms. The molecule has 0 fully saturated rings. The van der Waals surface area contributed by atoms with Gasteiger partial charge in [0.15, 0.2) is 0 Å². The summed E-state index contributed by atoms with van der Waals surface area (Å²) in [4.78, 5) is 16.4. The number of benzene rings is 3. The van der Waals surface area contributed by atoms with Gasteiger partial charge < -0.3 is 15.4 Å². The fourth-order valence-corrected chi connectivity index (χ4v) is 2.97. The van der Waals surface area contributed by atoms with E-state index in [1.54, 1.807) is 61.7 Å². The molecule has 30 heavy (non-hydrogen) atoms. The minimum Gasteiger partial charge on any atom is -0.497 e. The normalized spacial score (nSPS) is 11.6. The van der Waals surface area contributed by atoms with E-state index in [0.29, 0.717) is 22.7 Å². The van der Waals surface area contributed by atoms with E-state index < -0.39 is 16.0 Å². The van der Waals surface area contributed by atoms with E-state index in [-0.39, 0.29) is 10.9 Å². The van der Waals surface area contributed by atoms with E-state index in [2.05, 4.69) is 15.6 Å². The standard InChI is InChI=1S/C21H19N3O5S/c1-29-18-11-7-16(8-12-18)22-21(24-20(25)15-5-3-2-4-6-15)23-17-9-13-19(14-10-17)30(26,27)28/h2-14H,1H3,(H,26,27,28)(H2,22,23,24,25). The van der Waals surface area contributed by atoms with Crippen molar-refractivity contribution in [3.8, 4) is 5.75 Å². The van der Waals surface area contributed by atoms with Crippen LogP contribution in [0.4, 0.5) is 11.4 Å². The number of aliphatic imine (C=N–C) groups is 1. The van der Waals surface area contributed by atoms with Crippen molar-refractivity contribution in [1.82, 2.24) is 0 Å². The van der Waals surface area contributed by atoms with Crippen molar-refractivity contribution in [2.45, 2.75) is 4.90 Å². The molecule has 3 N–H and O–H groups in total. The molecule has 3 aromatic carbocycles. The number of carbonyl (C=O) groups excluding carboxylic acids is 1. The molecule has 0 aliphatic carbocycles. The Morgan fingerprint density at radius 1 is 0.867 bits per heavy atom. The number of carbonyl (C=O) groups is 1. The molecular weight excluding hydrogens is 406 g/mol. The second-order valence-electron chi connectivity index (χ2n) is 6.11. The van der Waals surface area contributed by atoms with Crippen LogP contribution in [0.1, 0.15) is 10.4 Å². The second kappa shape index (κ2) is 9.21. The van der Waals surface area contributed by atoms with Gasteiger partial charge in [-0.3, -0.25) is 9.35 Å². The highest BCUT2D eigenvalue weighted by Gasteiger charge is 2.11. The third kappa shape index (κ3) is 5.66. The topological polar surface area (TPSA) is 117 Å². The van der Waals surface area contributed by atoms with Gasteiger partial charge in [-0.25, -0.2) is 0 Å². The Labute approximate surface area is 174 Å². The predicted octanol–water partition coefficient (Wildman–Crippen LogP) is 3.66. The van der Waals surface area contributed by atoms with E-state index in [0.717, 1.165) is 0 Å². The van der Waals surface area contributed by atoms with Crippen LogP contribution in [0.5, 0.6) is 5.75 Å². The van der Waals surface area contributed by atoms with Crippen LogP contribution in [0.3, 0.4) is 0 Å². The summed E-state index contributed by atoms with van der Waals surface area (Å²) < 4.78 is 36.7. The third-order valence-corrected chi connectivity index (χ3v) is 4.87. The average molecular weight is 425 g/mol. The number of rotatable bonds is 5. The molecule has 0 spiro atoms. The fourth-order valence-electron chi connectivity index (χ4n) is 2.49. The molecule has 0 aromatic heterocycles. The Hall–Kier alpha value is -3.69. The molecule has 0 aliphatic heterocycles. The van der Waals surface area contributed by atoms with Gasteiger partial charge in [-0.15, -0.1) is 0 Å². The first-order valence-corrected chi connectivity index (χ1v) is 10.2. The fraction of sp³-hybridized carbons (Fsp3) is 0.0476. The smallest absolute Gasteiger partial charge is 0.294 e. The third-order valence-electron chi connectivity index (χ3n) is 4.00. The number of ether oxygens (including phenoxy) is 1. The van der Waals surface area contributed by atoms with Crippen LogP contribution < -0.4 is 15.4 Å². The minimum atomic E-state index is -4.30. The van der Waals surface area contributed by atoms with E-state index >= 15 is 0 Å². The number of nitrogens with one attached hydrogen (secondary N) is 2. The number of nitrogens with zero attached hydrogens (tertiary/aromatic N) is 1. The van der Waals surface area contributed by atoms with Gasteiger partial charge in [0.25, 0.3) is 16.0 Å². The zero-order chi connectivity index (χ0) is 21.6. The van der Waals surface area contributed by atoms with Gasteiger partial charge in [0, 0.05) is 16.9 Å². The Balaban J connectivity index is 1.88. The van der Waals surface area contributed by atoms with E-state index in [1.807, 2.05) is 0 Å².